The number of carboxylic acid groups (broad SMARTS) is 1. The van der Waals surface area contributed by atoms with E-state index < -0.39 is 15.0 Å². The Hall–Kier alpha value is -1.14. The topological polar surface area (TPSA) is 84.3 Å². The molecule has 70 valence electrons. The fourth-order valence-corrected chi connectivity index (χ4v) is 1.44. The molecule has 1 aromatic heterocycles. The first-order valence-electron chi connectivity index (χ1n) is 3.05. The Kier molecular flexibility index (Phi) is 2.53. The number of carboxylic acids is 1. The van der Waals surface area contributed by atoms with Gasteiger partial charge in [-0.3, -0.25) is 0 Å². The van der Waals surface area contributed by atoms with E-state index in [2.05, 4.69) is 4.98 Å². The average molecular weight is 222 g/mol. The Morgan fingerprint density at radius 3 is 2.62 bits per heavy atom. The monoisotopic (exact) mass is 221 g/mol. The van der Waals surface area contributed by atoms with Crippen molar-refractivity contribution in [3.8, 4) is 0 Å². The van der Waals surface area contributed by atoms with E-state index in [0.717, 1.165) is 18.3 Å². The second kappa shape index (κ2) is 3.31. The van der Waals surface area contributed by atoms with Crippen LogP contribution < -0.4 is 0 Å². The molecule has 0 spiro atoms. The van der Waals surface area contributed by atoms with Crippen molar-refractivity contribution in [3.05, 3.63) is 24.0 Å². The summed E-state index contributed by atoms with van der Waals surface area (Å²) in [4.78, 5) is 13.5. The molecule has 0 amide bonds. The third-order valence-electron chi connectivity index (χ3n) is 1.23. The van der Waals surface area contributed by atoms with E-state index in [-0.39, 0.29) is 10.6 Å². The lowest BCUT2D eigenvalue weighted by atomic mass is 10.4. The molecule has 0 saturated heterocycles. The summed E-state index contributed by atoms with van der Waals surface area (Å²) in [6.07, 6.45) is 1.07. The van der Waals surface area contributed by atoms with Crippen LogP contribution in [-0.2, 0) is 9.05 Å². The van der Waals surface area contributed by atoms with Gasteiger partial charge < -0.3 is 5.11 Å². The van der Waals surface area contributed by atoms with Crippen LogP contribution in [0.1, 0.15) is 10.5 Å². The summed E-state index contributed by atoms with van der Waals surface area (Å²) in [6.45, 7) is 0. The molecule has 1 rings (SSSR count). The molecular weight excluding hydrogens is 218 g/mol. The Bertz CT molecular complexity index is 442. The van der Waals surface area contributed by atoms with Crippen molar-refractivity contribution in [1.29, 1.82) is 0 Å². The van der Waals surface area contributed by atoms with Crippen LogP contribution >= 0.6 is 10.7 Å². The second-order valence-corrected chi connectivity index (χ2v) is 4.69. The van der Waals surface area contributed by atoms with Gasteiger partial charge in [-0.1, -0.05) is 0 Å². The summed E-state index contributed by atoms with van der Waals surface area (Å²) in [7, 11) is 1.10. The molecule has 0 radical (unpaired) electrons. The molecule has 1 N–H and O–H groups in total. The Balaban J connectivity index is 3.29. The fraction of sp³-hybridized carbons (Fsp3) is 0. The second-order valence-electron chi connectivity index (χ2n) is 2.12. The maximum atomic E-state index is 10.8. The molecule has 13 heavy (non-hydrogen) atoms. The maximum Gasteiger partial charge on any atom is 0.354 e. The molecule has 0 bridgehead atoms. The smallest absolute Gasteiger partial charge is 0.354 e. The van der Waals surface area contributed by atoms with Crippen molar-refractivity contribution in [2.75, 3.05) is 0 Å². The van der Waals surface area contributed by atoms with E-state index in [4.69, 9.17) is 15.8 Å². The lowest BCUT2D eigenvalue weighted by molar-refractivity contribution is 0.0690. The summed E-state index contributed by atoms with van der Waals surface area (Å²) in [5, 5.41) is 8.47. The van der Waals surface area contributed by atoms with Gasteiger partial charge >= 0.3 is 5.97 Å². The number of nitrogens with zero attached hydrogens (tertiary/aromatic N) is 1. The van der Waals surface area contributed by atoms with Gasteiger partial charge in [-0.2, -0.15) is 0 Å². The largest absolute Gasteiger partial charge is 0.477 e. The highest BCUT2D eigenvalue weighted by atomic mass is 35.7. The molecule has 0 aliphatic rings. The minimum absolute atomic E-state index is 0.276. The van der Waals surface area contributed by atoms with Crippen molar-refractivity contribution in [3.63, 3.8) is 0 Å². The number of aromatic carboxylic acids is 1. The van der Waals surface area contributed by atoms with Crippen LogP contribution in [0.15, 0.2) is 23.2 Å². The van der Waals surface area contributed by atoms with Gasteiger partial charge in [-0.25, -0.2) is 18.2 Å². The molecule has 0 aliphatic carbocycles. The number of hydrogen-bond acceptors (Lipinski definition) is 4. The Labute approximate surface area is 78.4 Å². The number of aromatic nitrogens is 1. The van der Waals surface area contributed by atoms with E-state index in [1.54, 1.807) is 0 Å². The summed E-state index contributed by atoms with van der Waals surface area (Å²) >= 11 is 0. The first-order valence-corrected chi connectivity index (χ1v) is 5.36. The quantitative estimate of drug-likeness (QED) is 0.744. The standard InChI is InChI=1S/C6H4ClNO4S/c7-13(11,12)4-1-2-8-5(3-4)6(9)10/h1-3H,(H,9,10). The van der Waals surface area contributed by atoms with Crippen LogP contribution in [0.4, 0.5) is 0 Å². The summed E-state index contributed by atoms with van der Waals surface area (Å²) < 4.78 is 21.5. The zero-order valence-electron chi connectivity index (χ0n) is 6.14. The van der Waals surface area contributed by atoms with Crippen LogP contribution in [-0.4, -0.2) is 24.5 Å². The fourth-order valence-electron chi connectivity index (χ4n) is 0.680. The van der Waals surface area contributed by atoms with Gasteiger partial charge in [0.05, 0.1) is 4.90 Å². The number of carbonyl (C=O) groups is 1. The highest BCUT2D eigenvalue weighted by molar-refractivity contribution is 8.13. The van der Waals surface area contributed by atoms with Gasteiger partial charge in [-0.05, 0) is 12.1 Å². The van der Waals surface area contributed by atoms with Crippen molar-refractivity contribution >= 4 is 25.7 Å². The number of hydrogen-bond donors (Lipinski definition) is 1. The van der Waals surface area contributed by atoms with Crippen molar-refractivity contribution < 1.29 is 18.3 Å². The van der Waals surface area contributed by atoms with Crippen LogP contribution in [0, 0.1) is 0 Å². The van der Waals surface area contributed by atoms with Crippen LogP contribution in [0.25, 0.3) is 0 Å². The molecule has 0 aliphatic heterocycles. The van der Waals surface area contributed by atoms with Gasteiger partial charge in [0.25, 0.3) is 9.05 Å². The summed E-state index contributed by atoms with van der Waals surface area (Å²) in [5.41, 5.74) is -0.360. The van der Waals surface area contributed by atoms with Crippen molar-refractivity contribution in [2.45, 2.75) is 4.90 Å². The van der Waals surface area contributed by atoms with E-state index >= 15 is 0 Å². The first kappa shape index (κ1) is 9.94. The third kappa shape index (κ3) is 2.40. The van der Waals surface area contributed by atoms with Crippen LogP contribution in [0.5, 0.6) is 0 Å². The average Bonchev–Trinajstić information content (AvgIpc) is 2.03. The molecular formula is C6H4ClNO4S. The molecule has 5 nitrogen and oxygen atoms in total. The predicted molar refractivity (Wildman–Crippen MR) is 44.2 cm³/mol. The number of rotatable bonds is 2. The lowest BCUT2D eigenvalue weighted by Crippen LogP contribution is -2.01. The molecule has 0 saturated carbocycles. The predicted octanol–water partition coefficient (Wildman–Crippen LogP) is 0.707. The number of pyridine rings is 1. The zero-order valence-corrected chi connectivity index (χ0v) is 7.71. The SMILES string of the molecule is O=C(O)c1cc(S(=O)(=O)Cl)ccn1. The molecule has 1 heterocycles. The third-order valence-corrected chi connectivity index (χ3v) is 2.58. The Morgan fingerprint density at radius 1 is 1.54 bits per heavy atom. The molecule has 0 unspecified atom stereocenters. The highest BCUT2D eigenvalue weighted by Gasteiger charge is 2.13. The van der Waals surface area contributed by atoms with Crippen molar-refractivity contribution in [2.24, 2.45) is 0 Å². The van der Waals surface area contributed by atoms with E-state index in [9.17, 15) is 13.2 Å². The maximum absolute atomic E-state index is 10.8. The summed E-state index contributed by atoms with van der Waals surface area (Å²) in [5.74, 6) is -1.30. The number of halogens is 1. The molecule has 0 fully saturated rings. The minimum Gasteiger partial charge on any atom is -0.477 e. The molecule has 0 atom stereocenters. The highest BCUT2D eigenvalue weighted by Crippen LogP contribution is 2.14. The Morgan fingerprint density at radius 2 is 2.15 bits per heavy atom. The first-order chi connectivity index (χ1) is 5.91. The van der Waals surface area contributed by atoms with Gasteiger partial charge in [0.15, 0.2) is 0 Å². The van der Waals surface area contributed by atoms with Gasteiger partial charge in [0.1, 0.15) is 5.69 Å². The van der Waals surface area contributed by atoms with E-state index in [1.807, 2.05) is 0 Å². The van der Waals surface area contributed by atoms with E-state index in [1.165, 1.54) is 0 Å². The van der Waals surface area contributed by atoms with E-state index in [0.29, 0.717) is 0 Å². The van der Waals surface area contributed by atoms with Gasteiger partial charge in [-0.15, -0.1) is 0 Å². The van der Waals surface area contributed by atoms with Gasteiger partial charge in [0.2, 0.25) is 0 Å². The summed E-state index contributed by atoms with van der Waals surface area (Å²) in [6, 6.07) is 2.01. The van der Waals surface area contributed by atoms with Gasteiger partial charge in [0, 0.05) is 16.9 Å². The van der Waals surface area contributed by atoms with Crippen LogP contribution in [0.3, 0.4) is 0 Å². The zero-order chi connectivity index (χ0) is 10.1. The van der Waals surface area contributed by atoms with Crippen molar-refractivity contribution in [1.82, 2.24) is 4.98 Å². The minimum atomic E-state index is -3.89. The van der Waals surface area contributed by atoms with Crippen LogP contribution in [0.2, 0.25) is 0 Å². The molecule has 1 aromatic rings. The lowest BCUT2D eigenvalue weighted by Gasteiger charge is -1.96. The normalized spacial score (nSPS) is 11.2. The molecule has 0 aromatic carbocycles. The molecule has 7 heteroatoms.